The first-order chi connectivity index (χ1) is 11.2. The minimum Gasteiger partial charge on any atom is -0.444 e. The Kier molecular flexibility index (Phi) is 6.66. The number of rotatable bonds is 2. The molecule has 0 heterocycles. The third-order valence-electron chi connectivity index (χ3n) is 3.44. The minimum atomic E-state index is -1.55. The lowest BCUT2D eigenvalue weighted by molar-refractivity contribution is -0.111. The van der Waals surface area contributed by atoms with Crippen molar-refractivity contribution >= 4 is 12.2 Å². The molecule has 5 N–H and O–H groups in total. The van der Waals surface area contributed by atoms with Gasteiger partial charge >= 0.3 is 12.2 Å². The summed E-state index contributed by atoms with van der Waals surface area (Å²) in [6, 6.07) is -1.82. The van der Waals surface area contributed by atoms with Crippen molar-refractivity contribution in [2.75, 3.05) is 0 Å². The average Bonchev–Trinajstić information content (AvgIpc) is 2.37. The minimum absolute atomic E-state index is 0.00210. The van der Waals surface area contributed by atoms with E-state index in [4.69, 9.17) is 9.47 Å². The molecule has 1 unspecified atom stereocenters. The maximum atomic E-state index is 11.9. The lowest BCUT2D eigenvalue weighted by atomic mass is 9.84. The SMILES string of the molecule is CC(C)(C)OC(=O)N[C@@H]1C[C@@H](NC(=O)OC(C)(C)C)[C@@H](O)C(O)[C@H]1O. The van der Waals surface area contributed by atoms with Crippen LogP contribution < -0.4 is 10.6 Å². The van der Waals surface area contributed by atoms with Gasteiger partial charge in [-0.15, -0.1) is 0 Å². The largest absolute Gasteiger partial charge is 0.444 e. The van der Waals surface area contributed by atoms with Gasteiger partial charge in [0.1, 0.15) is 29.5 Å². The van der Waals surface area contributed by atoms with Crippen LogP contribution in [0.3, 0.4) is 0 Å². The number of ether oxygens (including phenoxy) is 2. The normalized spacial score (nSPS) is 30.4. The second kappa shape index (κ2) is 7.76. The molecule has 0 saturated heterocycles. The van der Waals surface area contributed by atoms with Crippen LogP contribution in [-0.4, -0.2) is 69.1 Å². The Morgan fingerprint density at radius 1 is 0.760 bits per heavy atom. The van der Waals surface area contributed by atoms with Crippen LogP contribution in [0.1, 0.15) is 48.0 Å². The average molecular weight is 362 g/mol. The van der Waals surface area contributed by atoms with E-state index in [2.05, 4.69) is 10.6 Å². The van der Waals surface area contributed by atoms with Crippen molar-refractivity contribution < 1.29 is 34.4 Å². The van der Waals surface area contributed by atoms with Crippen molar-refractivity contribution in [3.63, 3.8) is 0 Å². The van der Waals surface area contributed by atoms with Crippen molar-refractivity contribution in [1.82, 2.24) is 10.6 Å². The first-order valence-electron chi connectivity index (χ1n) is 8.23. The zero-order chi connectivity index (χ0) is 19.6. The standard InChI is InChI=1S/C16H30N2O7/c1-15(2,3)24-13(22)17-8-7-9(11(20)12(21)10(8)19)18-14(23)25-16(4,5)6/h8-12,19-21H,7H2,1-6H3,(H,17,22)(H,18,23)/t8-,9-,10-,11+,12?/m1/s1. The van der Waals surface area contributed by atoms with Gasteiger partial charge in [0.2, 0.25) is 0 Å². The quantitative estimate of drug-likeness (QED) is 0.475. The lowest BCUT2D eigenvalue weighted by Gasteiger charge is -2.41. The Morgan fingerprint density at radius 2 is 1.08 bits per heavy atom. The van der Waals surface area contributed by atoms with Gasteiger partial charge in [-0.25, -0.2) is 9.59 Å². The molecular formula is C16H30N2O7. The number of alkyl carbamates (subject to hydrolysis) is 2. The molecule has 0 aromatic heterocycles. The second-order valence-electron chi connectivity index (χ2n) is 8.21. The highest BCUT2D eigenvalue weighted by Crippen LogP contribution is 2.22. The number of nitrogens with one attached hydrogen (secondary N) is 2. The third kappa shape index (κ3) is 7.05. The Labute approximate surface area is 147 Å². The lowest BCUT2D eigenvalue weighted by Crippen LogP contribution is -2.64. The number of amides is 2. The van der Waals surface area contributed by atoms with E-state index in [0.717, 1.165) is 0 Å². The molecular weight excluding hydrogens is 332 g/mol. The topological polar surface area (TPSA) is 137 Å². The zero-order valence-electron chi connectivity index (χ0n) is 15.6. The third-order valence-corrected chi connectivity index (χ3v) is 3.44. The van der Waals surface area contributed by atoms with Crippen molar-refractivity contribution in [3.8, 4) is 0 Å². The van der Waals surface area contributed by atoms with Crippen LogP contribution >= 0.6 is 0 Å². The molecule has 1 aliphatic rings. The molecule has 9 nitrogen and oxygen atoms in total. The Hall–Kier alpha value is -1.58. The molecule has 0 aromatic rings. The van der Waals surface area contributed by atoms with Crippen molar-refractivity contribution in [2.45, 2.75) is 89.6 Å². The highest BCUT2D eigenvalue weighted by atomic mass is 16.6. The van der Waals surface area contributed by atoms with Crippen LogP contribution in [0, 0.1) is 0 Å². The van der Waals surface area contributed by atoms with Gasteiger partial charge in [-0.2, -0.15) is 0 Å². The number of aliphatic hydroxyl groups excluding tert-OH is 3. The molecule has 0 aliphatic heterocycles. The van der Waals surface area contributed by atoms with Crippen molar-refractivity contribution in [3.05, 3.63) is 0 Å². The first-order valence-corrected chi connectivity index (χ1v) is 8.23. The summed E-state index contributed by atoms with van der Waals surface area (Å²) in [4.78, 5) is 23.8. The van der Waals surface area contributed by atoms with Crippen LogP contribution in [-0.2, 0) is 9.47 Å². The number of carbonyl (C=O) groups is 2. The molecule has 0 spiro atoms. The molecule has 5 atom stereocenters. The fraction of sp³-hybridized carbons (Fsp3) is 0.875. The Balaban J connectivity index is 2.75. The monoisotopic (exact) mass is 362 g/mol. The van der Waals surface area contributed by atoms with E-state index in [1.54, 1.807) is 41.5 Å². The molecule has 0 bridgehead atoms. The van der Waals surface area contributed by atoms with Crippen molar-refractivity contribution in [2.24, 2.45) is 0 Å². The molecule has 25 heavy (non-hydrogen) atoms. The number of aliphatic hydroxyl groups is 3. The van der Waals surface area contributed by atoms with Gasteiger partial charge in [0, 0.05) is 0 Å². The molecule has 2 amide bonds. The smallest absolute Gasteiger partial charge is 0.407 e. The number of carbonyl (C=O) groups excluding carboxylic acids is 2. The van der Waals surface area contributed by atoms with Gasteiger partial charge in [-0.3, -0.25) is 0 Å². The molecule has 1 aliphatic carbocycles. The first kappa shape index (κ1) is 21.5. The van der Waals surface area contributed by atoms with E-state index >= 15 is 0 Å². The highest BCUT2D eigenvalue weighted by Gasteiger charge is 2.44. The molecule has 9 heteroatoms. The van der Waals surface area contributed by atoms with Crippen LogP contribution in [0.25, 0.3) is 0 Å². The Bertz CT molecular complexity index is 442. The summed E-state index contributed by atoms with van der Waals surface area (Å²) >= 11 is 0. The summed E-state index contributed by atoms with van der Waals surface area (Å²) in [6.45, 7) is 10.1. The zero-order valence-corrected chi connectivity index (χ0v) is 15.6. The highest BCUT2D eigenvalue weighted by molar-refractivity contribution is 5.69. The summed E-state index contributed by atoms with van der Waals surface area (Å²) in [6.07, 6.45) is -5.89. The number of hydrogen-bond acceptors (Lipinski definition) is 7. The van der Waals surface area contributed by atoms with Gasteiger partial charge in [0.25, 0.3) is 0 Å². The van der Waals surface area contributed by atoms with E-state index in [0.29, 0.717) is 0 Å². The van der Waals surface area contributed by atoms with E-state index in [1.807, 2.05) is 0 Å². The number of hydrogen-bond donors (Lipinski definition) is 5. The van der Waals surface area contributed by atoms with Crippen LogP contribution in [0.4, 0.5) is 9.59 Å². The van der Waals surface area contributed by atoms with E-state index in [-0.39, 0.29) is 6.42 Å². The van der Waals surface area contributed by atoms with Crippen molar-refractivity contribution in [1.29, 1.82) is 0 Å². The molecule has 1 saturated carbocycles. The maximum absolute atomic E-state index is 11.9. The second-order valence-corrected chi connectivity index (χ2v) is 8.21. The fourth-order valence-electron chi connectivity index (χ4n) is 2.44. The van der Waals surface area contributed by atoms with Crippen LogP contribution in [0.5, 0.6) is 0 Å². The van der Waals surface area contributed by atoms with Crippen LogP contribution in [0.15, 0.2) is 0 Å². The fourth-order valence-corrected chi connectivity index (χ4v) is 2.44. The van der Waals surface area contributed by atoms with E-state index in [9.17, 15) is 24.9 Å². The predicted octanol–water partition coefficient (Wildman–Crippen LogP) is 0.259. The van der Waals surface area contributed by atoms with Crippen LogP contribution in [0.2, 0.25) is 0 Å². The summed E-state index contributed by atoms with van der Waals surface area (Å²) < 4.78 is 10.2. The van der Waals surface area contributed by atoms with E-state index in [1.165, 1.54) is 0 Å². The summed E-state index contributed by atoms with van der Waals surface area (Å²) in [5, 5.41) is 35.0. The van der Waals surface area contributed by atoms with Gasteiger partial charge in [0.15, 0.2) is 0 Å². The summed E-state index contributed by atoms with van der Waals surface area (Å²) in [5.74, 6) is 0. The van der Waals surface area contributed by atoms with Gasteiger partial charge in [0.05, 0.1) is 12.1 Å². The maximum Gasteiger partial charge on any atom is 0.407 e. The van der Waals surface area contributed by atoms with Gasteiger partial charge in [-0.05, 0) is 48.0 Å². The molecule has 1 rings (SSSR count). The van der Waals surface area contributed by atoms with Gasteiger partial charge < -0.3 is 35.4 Å². The molecule has 1 fully saturated rings. The van der Waals surface area contributed by atoms with Gasteiger partial charge in [-0.1, -0.05) is 0 Å². The van der Waals surface area contributed by atoms with E-state index < -0.39 is 53.8 Å². The summed E-state index contributed by atoms with van der Waals surface area (Å²) in [5.41, 5.74) is -1.45. The Morgan fingerprint density at radius 3 is 1.36 bits per heavy atom. The molecule has 0 radical (unpaired) electrons. The molecule has 0 aromatic carbocycles. The summed E-state index contributed by atoms with van der Waals surface area (Å²) in [7, 11) is 0. The predicted molar refractivity (Wildman–Crippen MR) is 89.0 cm³/mol. The molecule has 146 valence electrons.